The third-order valence-electron chi connectivity index (χ3n) is 3.81. The number of aryl methyl sites for hydroxylation is 1. The van der Waals surface area contributed by atoms with Gasteiger partial charge >= 0.3 is 5.97 Å². The van der Waals surface area contributed by atoms with Crippen molar-refractivity contribution < 1.29 is 22.9 Å². The van der Waals surface area contributed by atoms with Crippen LogP contribution in [0.15, 0.2) is 41.3 Å². The Hall–Kier alpha value is -3.14. The molecule has 0 unspecified atom stereocenters. The fraction of sp³-hybridized carbons (Fsp3) is 0.278. The number of hydrogen-bond donors (Lipinski definition) is 2. The second-order valence-corrected chi connectivity index (χ2v) is 7.47. The molecule has 28 heavy (non-hydrogen) atoms. The van der Waals surface area contributed by atoms with Gasteiger partial charge in [0.25, 0.3) is 15.7 Å². The molecule has 2 aromatic rings. The highest BCUT2D eigenvalue weighted by atomic mass is 32.2. The maximum atomic E-state index is 12.9. The second kappa shape index (κ2) is 8.70. The molecule has 0 aromatic heterocycles. The van der Waals surface area contributed by atoms with Gasteiger partial charge < -0.3 is 10.1 Å². The number of nitrogens with one attached hydrogen (secondary N) is 2. The minimum absolute atomic E-state index is 0.137. The minimum Gasteiger partial charge on any atom is -0.462 e. The summed E-state index contributed by atoms with van der Waals surface area (Å²) in [4.78, 5) is 22.1. The number of benzene rings is 2. The van der Waals surface area contributed by atoms with Crippen LogP contribution in [0.5, 0.6) is 0 Å². The SMILES string of the molecule is CCNc1ccc(C(=O)OCC)cc1NS(=O)(=O)c1cc([N+](=O)[O-])ccc1C. The highest BCUT2D eigenvalue weighted by molar-refractivity contribution is 7.92. The minimum atomic E-state index is -4.14. The zero-order valence-electron chi connectivity index (χ0n) is 15.7. The van der Waals surface area contributed by atoms with Crippen molar-refractivity contribution >= 4 is 33.1 Å². The Labute approximate surface area is 162 Å². The topological polar surface area (TPSA) is 128 Å². The lowest BCUT2D eigenvalue weighted by atomic mass is 10.1. The number of sulfonamides is 1. The van der Waals surface area contributed by atoms with Crippen LogP contribution in [0, 0.1) is 17.0 Å². The molecule has 150 valence electrons. The van der Waals surface area contributed by atoms with Gasteiger partial charge in [0, 0.05) is 18.7 Å². The summed E-state index contributed by atoms with van der Waals surface area (Å²) in [6, 6.07) is 8.05. The number of rotatable bonds is 8. The highest BCUT2D eigenvalue weighted by Gasteiger charge is 2.22. The molecule has 0 amide bonds. The number of carbonyl (C=O) groups is 1. The maximum Gasteiger partial charge on any atom is 0.338 e. The summed E-state index contributed by atoms with van der Waals surface area (Å²) >= 11 is 0. The van der Waals surface area contributed by atoms with Crippen LogP contribution in [-0.2, 0) is 14.8 Å². The summed E-state index contributed by atoms with van der Waals surface area (Å²) in [7, 11) is -4.14. The zero-order chi connectivity index (χ0) is 20.9. The standard InChI is InChI=1S/C18H21N3O6S/c1-4-19-15-9-7-13(18(22)27-5-2)10-16(15)20-28(25,26)17-11-14(21(23)24)8-6-12(17)3/h6-11,19-20H,4-5H2,1-3H3. The van der Waals surface area contributed by atoms with Crippen molar-refractivity contribution in [2.45, 2.75) is 25.7 Å². The van der Waals surface area contributed by atoms with Crippen molar-refractivity contribution in [2.75, 3.05) is 23.2 Å². The Morgan fingerprint density at radius 1 is 1.14 bits per heavy atom. The van der Waals surface area contributed by atoms with Crippen LogP contribution in [-0.4, -0.2) is 32.5 Å². The van der Waals surface area contributed by atoms with Gasteiger partial charge in [-0.2, -0.15) is 0 Å². The molecule has 0 aliphatic carbocycles. The first-order valence-electron chi connectivity index (χ1n) is 8.52. The molecule has 0 radical (unpaired) electrons. The van der Waals surface area contributed by atoms with E-state index >= 15 is 0 Å². The van der Waals surface area contributed by atoms with Crippen LogP contribution < -0.4 is 10.0 Å². The Morgan fingerprint density at radius 2 is 1.86 bits per heavy atom. The molecule has 0 spiro atoms. The van der Waals surface area contributed by atoms with E-state index in [-0.39, 0.29) is 28.4 Å². The number of non-ortho nitro benzene ring substituents is 1. The predicted octanol–water partition coefficient (Wildman–Crippen LogP) is 3.31. The third-order valence-corrected chi connectivity index (χ3v) is 5.32. The maximum absolute atomic E-state index is 12.9. The zero-order valence-corrected chi connectivity index (χ0v) is 16.5. The van der Waals surface area contributed by atoms with E-state index in [0.717, 1.165) is 6.07 Å². The van der Waals surface area contributed by atoms with Gasteiger partial charge in [0.05, 0.1) is 33.4 Å². The van der Waals surface area contributed by atoms with Gasteiger partial charge in [-0.1, -0.05) is 6.07 Å². The first-order chi connectivity index (χ1) is 13.2. The van der Waals surface area contributed by atoms with Gasteiger partial charge in [0.1, 0.15) is 0 Å². The second-order valence-electron chi connectivity index (χ2n) is 5.82. The Morgan fingerprint density at radius 3 is 2.46 bits per heavy atom. The summed E-state index contributed by atoms with van der Waals surface area (Å²) in [6.07, 6.45) is 0. The molecule has 0 bridgehead atoms. The number of esters is 1. The first-order valence-corrected chi connectivity index (χ1v) is 10.0. The number of nitrogens with zero attached hydrogens (tertiary/aromatic N) is 1. The lowest BCUT2D eigenvalue weighted by Gasteiger charge is -2.15. The summed E-state index contributed by atoms with van der Waals surface area (Å²) in [6.45, 7) is 5.74. The summed E-state index contributed by atoms with van der Waals surface area (Å²) < 4.78 is 33.1. The first kappa shape index (κ1) is 21.2. The predicted molar refractivity (Wildman–Crippen MR) is 105 cm³/mol. The molecule has 2 aromatic carbocycles. The molecule has 2 N–H and O–H groups in total. The van der Waals surface area contributed by atoms with E-state index < -0.39 is 20.9 Å². The van der Waals surface area contributed by atoms with Crippen molar-refractivity contribution in [3.63, 3.8) is 0 Å². The van der Waals surface area contributed by atoms with Crippen molar-refractivity contribution in [1.82, 2.24) is 0 Å². The molecule has 0 saturated carbocycles. The fourth-order valence-corrected chi connectivity index (χ4v) is 3.84. The lowest BCUT2D eigenvalue weighted by Crippen LogP contribution is -2.17. The fourth-order valence-electron chi connectivity index (χ4n) is 2.51. The molecular formula is C18H21N3O6S. The van der Waals surface area contributed by atoms with Gasteiger partial charge in [-0.05, 0) is 44.5 Å². The van der Waals surface area contributed by atoms with Crippen LogP contribution in [0.25, 0.3) is 0 Å². The molecule has 9 nitrogen and oxygen atoms in total. The van der Waals surface area contributed by atoms with E-state index in [1.807, 2.05) is 6.92 Å². The monoisotopic (exact) mass is 407 g/mol. The van der Waals surface area contributed by atoms with Crippen LogP contribution in [0.4, 0.5) is 17.1 Å². The molecule has 0 aliphatic rings. The van der Waals surface area contributed by atoms with Crippen molar-refractivity contribution in [2.24, 2.45) is 0 Å². The van der Waals surface area contributed by atoms with E-state index in [1.54, 1.807) is 19.9 Å². The Bertz CT molecular complexity index is 1000. The van der Waals surface area contributed by atoms with Gasteiger partial charge in [0.2, 0.25) is 0 Å². The summed E-state index contributed by atoms with van der Waals surface area (Å²) in [5.41, 5.74) is 0.792. The number of nitro benzene ring substituents is 1. The van der Waals surface area contributed by atoms with Crippen molar-refractivity contribution in [1.29, 1.82) is 0 Å². The van der Waals surface area contributed by atoms with Crippen LogP contribution in [0.2, 0.25) is 0 Å². The number of ether oxygens (including phenoxy) is 1. The van der Waals surface area contributed by atoms with E-state index in [2.05, 4.69) is 10.0 Å². The van der Waals surface area contributed by atoms with Crippen LogP contribution in [0.1, 0.15) is 29.8 Å². The molecule has 2 rings (SSSR count). The van der Waals surface area contributed by atoms with Gasteiger partial charge in [-0.15, -0.1) is 0 Å². The van der Waals surface area contributed by atoms with E-state index in [4.69, 9.17) is 4.74 Å². The van der Waals surface area contributed by atoms with E-state index in [1.165, 1.54) is 24.3 Å². The average molecular weight is 407 g/mol. The summed E-state index contributed by atoms with van der Waals surface area (Å²) in [5.74, 6) is -0.586. The molecular weight excluding hydrogens is 386 g/mol. The Kier molecular flexibility index (Phi) is 6.57. The molecule has 0 heterocycles. The smallest absolute Gasteiger partial charge is 0.338 e. The van der Waals surface area contributed by atoms with Crippen molar-refractivity contribution in [3.05, 3.63) is 57.6 Å². The van der Waals surface area contributed by atoms with Crippen LogP contribution >= 0.6 is 0 Å². The third kappa shape index (κ3) is 4.77. The number of carbonyl (C=O) groups excluding carboxylic acids is 1. The normalized spacial score (nSPS) is 11.0. The molecule has 0 aliphatic heterocycles. The number of hydrogen-bond acceptors (Lipinski definition) is 7. The largest absolute Gasteiger partial charge is 0.462 e. The molecule has 10 heteroatoms. The van der Waals surface area contributed by atoms with Crippen molar-refractivity contribution in [3.8, 4) is 0 Å². The van der Waals surface area contributed by atoms with Gasteiger partial charge in [0.15, 0.2) is 0 Å². The molecule has 0 saturated heterocycles. The number of nitro groups is 1. The molecule has 0 atom stereocenters. The number of anilines is 2. The summed E-state index contributed by atoms with van der Waals surface area (Å²) in [5, 5.41) is 14.0. The average Bonchev–Trinajstić information content (AvgIpc) is 2.63. The molecule has 0 fully saturated rings. The van der Waals surface area contributed by atoms with E-state index in [9.17, 15) is 23.3 Å². The van der Waals surface area contributed by atoms with Gasteiger partial charge in [-0.25, -0.2) is 13.2 Å². The lowest BCUT2D eigenvalue weighted by molar-refractivity contribution is -0.385. The highest BCUT2D eigenvalue weighted by Crippen LogP contribution is 2.29. The van der Waals surface area contributed by atoms with Gasteiger partial charge in [-0.3, -0.25) is 14.8 Å². The van der Waals surface area contributed by atoms with E-state index in [0.29, 0.717) is 17.8 Å². The Balaban J connectivity index is 2.50. The van der Waals surface area contributed by atoms with Crippen LogP contribution in [0.3, 0.4) is 0 Å². The quantitative estimate of drug-likeness (QED) is 0.390.